The van der Waals surface area contributed by atoms with Crippen LogP contribution in [0.1, 0.15) is 100 Å². The number of hydrogen-bond acceptors (Lipinski definition) is 25. The first-order valence-corrected chi connectivity index (χ1v) is 29.0. The van der Waals surface area contributed by atoms with Crippen LogP contribution in [0.15, 0.2) is 29.7 Å². The molecule has 3 aromatic rings. The number of unbranched alkanes of at least 4 members (excludes halogenated alkanes) is 1. The highest BCUT2D eigenvalue weighted by molar-refractivity contribution is 8.77. The molecule has 0 aliphatic carbocycles. The third kappa shape index (κ3) is 19.4. The summed E-state index contributed by atoms with van der Waals surface area (Å²) in [6, 6.07) is -1.14. The molecule has 2 aliphatic heterocycles. The molecule has 0 saturated carbocycles. The standard InChI is InChI=1S/C42H67N11O19P2S2/c1-40(2,3)70-38(58)49-22(12-10-11-14-45-34(55)23(19-75-76-42(7,8)9)50-39(59)71-41(4,5)6)36(56)69-31-26(68-35(30(31)54)53-21-48-29-32(44)46-20-47-33(29)53)18-66-74(63,64)72-24-16-28(52-15-13-27(43)51-37(52)57)67-25(24)17-65-73(60,61)62/h13,15,20-26,28,30-31,35,54,63-64H,10-12,14,16-19H2,1-9H3,(H8-,43,44,45,46,47,49,50,51,55,57,58,59,60,61,62)/p+1/t22-,23-,24-,25+,26+,28+,30+,31+,35+/m0/s1. The van der Waals surface area contributed by atoms with Gasteiger partial charge in [-0.25, -0.2) is 38.7 Å². The van der Waals surface area contributed by atoms with Crippen LogP contribution in [0.2, 0.25) is 0 Å². The van der Waals surface area contributed by atoms with Gasteiger partial charge in [0.15, 0.2) is 23.8 Å². The van der Waals surface area contributed by atoms with Gasteiger partial charge in [-0.15, -0.1) is 4.52 Å². The van der Waals surface area contributed by atoms with Gasteiger partial charge >= 0.3 is 39.8 Å². The average molecular weight is 1160 g/mol. The molecule has 34 heteroatoms. The van der Waals surface area contributed by atoms with Crippen molar-refractivity contribution in [2.75, 3.05) is 37.0 Å². The molecule has 2 saturated heterocycles. The lowest BCUT2D eigenvalue weighted by Gasteiger charge is -2.26. The topological polar surface area (TPSA) is 427 Å². The van der Waals surface area contributed by atoms with Crippen molar-refractivity contribution in [1.29, 1.82) is 0 Å². The molecule has 12 N–H and O–H groups in total. The number of amides is 3. The molecule has 0 spiro atoms. The van der Waals surface area contributed by atoms with E-state index in [2.05, 4.69) is 40.4 Å². The van der Waals surface area contributed by atoms with Gasteiger partial charge in [0.1, 0.15) is 78.2 Å². The maximum absolute atomic E-state index is 14.2. The fourth-order valence-corrected chi connectivity index (χ4v) is 11.0. The van der Waals surface area contributed by atoms with E-state index >= 15 is 0 Å². The zero-order valence-corrected chi connectivity index (χ0v) is 46.6. The van der Waals surface area contributed by atoms with E-state index in [0.717, 1.165) is 10.9 Å². The summed E-state index contributed by atoms with van der Waals surface area (Å²) in [4.78, 5) is 123. The van der Waals surface area contributed by atoms with Crippen molar-refractivity contribution in [2.24, 2.45) is 0 Å². The Labute approximate surface area is 445 Å². The highest BCUT2D eigenvalue weighted by Crippen LogP contribution is 2.56. The molecule has 0 radical (unpaired) electrons. The number of rotatable bonds is 23. The number of anilines is 2. The normalized spacial score (nSPS) is 22.2. The number of nitrogens with two attached hydrogens (primary N) is 2. The van der Waals surface area contributed by atoms with Crippen LogP contribution in [0.3, 0.4) is 0 Å². The smallest absolute Gasteiger partial charge is 0.455 e. The van der Waals surface area contributed by atoms with E-state index < -0.39 is 125 Å². The van der Waals surface area contributed by atoms with Gasteiger partial charge in [0.2, 0.25) is 5.91 Å². The third-order valence-electron chi connectivity index (χ3n) is 10.4. The molecule has 426 valence electrons. The van der Waals surface area contributed by atoms with Crippen molar-refractivity contribution in [2.45, 2.75) is 159 Å². The van der Waals surface area contributed by atoms with Crippen LogP contribution in [0, 0.1) is 0 Å². The Bertz CT molecular complexity index is 2590. The van der Waals surface area contributed by atoms with Crippen LogP contribution < -0.4 is 33.1 Å². The number of esters is 1. The van der Waals surface area contributed by atoms with Crippen molar-refractivity contribution in [3.8, 4) is 0 Å². The van der Waals surface area contributed by atoms with Crippen LogP contribution in [0.5, 0.6) is 0 Å². The van der Waals surface area contributed by atoms with Gasteiger partial charge in [-0.05, 0) is 66.9 Å². The quantitative estimate of drug-likeness (QED) is 0.0214. The summed E-state index contributed by atoms with van der Waals surface area (Å²) >= 11 is 0. The largest absolute Gasteiger partial charge is 0.570 e. The summed E-state index contributed by atoms with van der Waals surface area (Å²) < 4.78 is 57.9. The zero-order valence-electron chi connectivity index (χ0n) is 43.2. The molecule has 0 bridgehead atoms. The van der Waals surface area contributed by atoms with Gasteiger partial charge < -0.3 is 66.0 Å². The highest BCUT2D eigenvalue weighted by atomic mass is 33.1. The van der Waals surface area contributed by atoms with E-state index in [1.807, 2.05) is 20.8 Å². The minimum Gasteiger partial charge on any atom is -0.455 e. The predicted octanol–water partition coefficient (Wildman–Crippen LogP) is 2.13. The second-order valence-corrected chi connectivity index (χ2v) is 26.2. The number of carbonyl (C=O) groups excluding carboxylic acids is 4. The highest BCUT2D eigenvalue weighted by Gasteiger charge is 2.54. The van der Waals surface area contributed by atoms with Gasteiger partial charge in [-0.3, -0.25) is 18.5 Å². The first-order chi connectivity index (χ1) is 35.2. The molecule has 9 atom stereocenters. The number of nitrogens with zero attached hydrogens (tertiary/aromatic N) is 6. The Morgan fingerprint density at radius 1 is 0.921 bits per heavy atom. The van der Waals surface area contributed by atoms with Crippen LogP contribution in [0.25, 0.3) is 11.2 Å². The molecule has 30 nitrogen and oxygen atoms in total. The average Bonchev–Trinajstić information content (AvgIpc) is 3.97. The first-order valence-electron chi connectivity index (χ1n) is 23.6. The molecule has 0 unspecified atom stereocenters. The Morgan fingerprint density at radius 3 is 2.20 bits per heavy atom. The Kier molecular flexibility index (Phi) is 21.3. The molecule has 2 fully saturated rings. The fraction of sp³-hybridized carbons (Fsp3) is 0.690. The molecule has 0 aromatic carbocycles. The Hall–Kier alpha value is -4.53. The SMILES string of the molecule is CC(C)(C)OC(=O)N[C@@H](CSSC(C)(C)C)C(=O)NCCCC[C@H](NC(=O)OC(C)(C)C)C(=O)O[C@H]1[C@@H](O)[C@H](n2cnc3c(N)ncnc32)O[C@@H]1CO[P+](O)(O)O[C@H]1C[C@H](n2ccc(N)nc2=O)O[C@@H]1COP(=O)(O)O. The van der Waals surface area contributed by atoms with E-state index in [1.54, 1.807) is 41.5 Å². The summed E-state index contributed by atoms with van der Waals surface area (Å²) in [6.45, 7) is 14.2. The molecule has 2 aliphatic rings. The van der Waals surface area contributed by atoms with Crippen molar-refractivity contribution in [1.82, 2.24) is 45.0 Å². The number of alkyl carbamates (subject to hydrolysis) is 2. The summed E-state index contributed by atoms with van der Waals surface area (Å²) in [7, 11) is -7.22. The minimum absolute atomic E-state index is 0.0198. The number of ether oxygens (including phenoxy) is 5. The van der Waals surface area contributed by atoms with Crippen molar-refractivity contribution in [3.63, 3.8) is 0 Å². The van der Waals surface area contributed by atoms with E-state index in [1.165, 1.54) is 44.7 Å². The van der Waals surface area contributed by atoms with Crippen LogP contribution >= 0.6 is 37.6 Å². The molecular formula is C42H68N11O19P2S2+. The summed E-state index contributed by atoms with van der Waals surface area (Å²) in [5, 5.41) is 19.8. The number of phosphoric ester groups is 1. The Morgan fingerprint density at radius 2 is 1.58 bits per heavy atom. The number of fused-ring (bicyclic) bond motifs is 1. The Balaban J connectivity index is 1.33. The van der Waals surface area contributed by atoms with Gasteiger partial charge in [-0.1, -0.05) is 42.4 Å². The second kappa shape index (κ2) is 26.0. The monoisotopic (exact) mass is 1160 g/mol. The van der Waals surface area contributed by atoms with E-state index in [4.69, 9.17) is 44.2 Å². The van der Waals surface area contributed by atoms with Gasteiger partial charge in [0.25, 0.3) is 0 Å². The minimum atomic E-state index is -5.10. The van der Waals surface area contributed by atoms with Gasteiger partial charge in [-0.2, -0.15) is 19.3 Å². The van der Waals surface area contributed by atoms with Crippen molar-refractivity contribution < 1.29 is 85.7 Å². The molecule has 76 heavy (non-hydrogen) atoms. The van der Waals surface area contributed by atoms with Crippen molar-refractivity contribution in [3.05, 3.63) is 35.4 Å². The molecule has 3 amide bonds. The van der Waals surface area contributed by atoms with E-state index in [-0.39, 0.29) is 65.5 Å². The van der Waals surface area contributed by atoms with E-state index in [0.29, 0.717) is 0 Å². The number of hydrogen-bond donors (Lipinski definition) is 10. The number of nitrogen functional groups attached to an aromatic ring is 2. The molecule has 5 heterocycles. The lowest BCUT2D eigenvalue weighted by atomic mass is 10.1. The predicted molar refractivity (Wildman–Crippen MR) is 274 cm³/mol. The number of imidazole rings is 1. The van der Waals surface area contributed by atoms with Gasteiger partial charge in [0, 0.05) is 29.7 Å². The molecular weight excluding hydrogens is 1090 g/mol. The van der Waals surface area contributed by atoms with Gasteiger partial charge in [0.05, 0.1) is 12.9 Å². The summed E-state index contributed by atoms with van der Waals surface area (Å²) in [5.74, 6) is -1.51. The first kappa shape index (κ1) is 62.3. The fourth-order valence-electron chi connectivity index (χ4n) is 7.25. The van der Waals surface area contributed by atoms with Crippen LogP contribution in [-0.2, 0) is 51.4 Å². The second-order valence-electron chi connectivity index (χ2n) is 20.3. The number of carbonyl (C=O) groups is 4. The third-order valence-corrected chi connectivity index (χ3v) is 15.3. The lowest BCUT2D eigenvalue weighted by Crippen LogP contribution is -2.49. The van der Waals surface area contributed by atoms with Crippen LogP contribution in [-0.4, -0.2) is 162 Å². The molecule has 5 rings (SSSR count). The number of phosphoric acid groups is 1. The number of aromatic nitrogens is 6. The van der Waals surface area contributed by atoms with Crippen LogP contribution in [0.4, 0.5) is 21.2 Å². The van der Waals surface area contributed by atoms with E-state index in [9.17, 15) is 53.2 Å². The summed E-state index contributed by atoms with van der Waals surface area (Å²) in [5.41, 5.74) is 9.12. The number of nitrogens with one attached hydrogen (secondary N) is 3. The lowest BCUT2D eigenvalue weighted by molar-refractivity contribution is -0.159. The maximum atomic E-state index is 14.2. The maximum Gasteiger partial charge on any atom is 0.570 e. The summed E-state index contributed by atoms with van der Waals surface area (Å²) in [6.07, 6.45) is -8.89. The van der Waals surface area contributed by atoms with Crippen molar-refractivity contribution >= 4 is 84.4 Å². The number of aliphatic hydroxyl groups excluding tert-OH is 1. The molecule has 3 aromatic heterocycles. The zero-order chi connectivity index (χ0) is 56.6. The number of aliphatic hydroxyl groups is 1.